The van der Waals surface area contributed by atoms with E-state index < -0.39 is 6.04 Å². The van der Waals surface area contributed by atoms with Gasteiger partial charge in [0, 0.05) is 13.1 Å². The smallest absolute Gasteiger partial charge is 0.242 e. The van der Waals surface area contributed by atoms with Crippen LogP contribution in [0, 0.1) is 25.6 Å². The van der Waals surface area contributed by atoms with Crippen LogP contribution in [0.2, 0.25) is 0 Å². The van der Waals surface area contributed by atoms with Gasteiger partial charge in [-0.2, -0.15) is 0 Å². The van der Waals surface area contributed by atoms with E-state index in [4.69, 9.17) is 0 Å². The predicted molar refractivity (Wildman–Crippen MR) is 118 cm³/mol. The number of nitrogens with one attached hydrogen (secondary N) is 1. The van der Waals surface area contributed by atoms with Crippen molar-refractivity contribution in [1.29, 1.82) is 0 Å². The van der Waals surface area contributed by atoms with Gasteiger partial charge < -0.3 is 10.2 Å². The molecule has 2 amide bonds. The number of aryl methyl sites for hydroxylation is 2. The molecule has 0 aromatic heterocycles. The van der Waals surface area contributed by atoms with Gasteiger partial charge in [-0.15, -0.1) is 0 Å². The minimum Gasteiger partial charge on any atom is -0.354 e. The van der Waals surface area contributed by atoms with Gasteiger partial charge in [-0.05, 0) is 55.0 Å². The third-order valence-electron chi connectivity index (χ3n) is 5.18. The third-order valence-corrected chi connectivity index (χ3v) is 5.18. The quantitative estimate of drug-likeness (QED) is 0.656. The topological polar surface area (TPSA) is 49.4 Å². The zero-order valence-corrected chi connectivity index (χ0v) is 18.7. The van der Waals surface area contributed by atoms with Crippen molar-refractivity contribution in [2.75, 3.05) is 6.54 Å². The van der Waals surface area contributed by atoms with Crippen LogP contribution in [0.4, 0.5) is 4.39 Å². The summed E-state index contributed by atoms with van der Waals surface area (Å²) in [7, 11) is 0. The first-order chi connectivity index (χ1) is 14.2. The van der Waals surface area contributed by atoms with Gasteiger partial charge in [0.1, 0.15) is 11.9 Å². The Hall–Kier alpha value is -2.69. The first-order valence-electron chi connectivity index (χ1n) is 10.6. The van der Waals surface area contributed by atoms with Crippen molar-refractivity contribution in [3.05, 3.63) is 70.5 Å². The molecule has 2 rings (SSSR count). The van der Waals surface area contributed by atoms with E-state index in [0.29, 0.717) is 18.9 Å². The maximum Gasteiger partial charge on any atom is 0.242 e. The van der Waals surface area contributed by atoms with Crippen molar-refractivity contribution in [3.63, 3.8) is 0 Å². The largest absolute Gasteiger partial charge is 0.354 e. The summed E-state index contributed by atoms with van der Waals surface area (Å²) in [4.78, 5) is 27.9. The van der Waals surface area contributed by atoms with Crippen LogP contribution in [0.5, 0.6) is 0 Å². The Morgan fingerprint density at radius 1 is 1.07 bits per heavy atom. The maximum atomic E-state index is 13.4. The second-order valence-corrected chi connectivity index (χ2v) is 8.32. The fourth-order valence-corrected chi connectivity index (χ4v) is 3.38. The summed E-state index contributed by atoms with van der Waals surface area (Å²) in [6.07, 6.45) is 0.729. The van der Waals surface area contributed by atoms with Crippen LogP contribution in [0.1, 0.15) is 49.4 Å². The molecule has 0 saturated heterocycles. The summed E-state index contributed by atoms with van der Waals surface area (Å²) < 4.78 is 13.3. The average Bonchev–Trinajstić information content (AvgIpc) is 2.70. The van der Waals surface area contributed by atoms with Crippen molar-refractivity contribution >= 4 is 11.8 Å². The van der Waals surface area contributed by atoms with Crippen LogP contribution < -0.4 is 5.32 Å². The molecule has 0 heterocycles. The second-order valence-electron chi connectivity index (χ2n) is 8.32. The van der Waals surface area contributed by atoms with E-state index in [1.807, 2.05) is 52.8 Å². The van der Waals surface area contributed by atoms with Gasteiger partial charge in [-0.3, -0.25) is 9.59 Å². The Labute approximate surface area is 179 Å². The van der Waals surface area contributed by atoms with Crippen molar-refractivity contribution < 1.29 is 14.0 Å². The summed E-state index contributed by atoms with van der Waals surface area (Å²) in [5.74, 6) is -0.265. The number of benzene rings is 2. The number of carbonyl (C=O) groups excluding carboxylic acids is 2. The summed E-state index contributed by atoms with van der Waals surface area (Å²) in [6, 6.07) is 11.5. The molecule has 1 N–H and O–H groups in total. The van der Waals surface area contributed by atoms with E-state index in [9.17, 15) is 14.0 Å². The number of hydrogen-bond acceptors (Lipinski definition) is 2. The molecule has 2 aromatic carbocycles. The van der Waals surface area contributed by atoms with Crippen LogP contribution in [0.3, 0.4) is 0 Å². The number of nitrogens with zero attached hydrogens (tertiary/aromatic N) is 1. The van der Waals surface area contributed by atoms with Gasteiger partial charge in [0.15, 0.2) is 0 Å². The first-order valence-corrected chi connectivity index (χ1v) is 10.6. The van der Waals surface area contributed by atoms with Crippen molar-refractivity contribution in [2.24, 2.45) is 5.92 Å². The maximum absolute atomic E-state index is 13.4. The lowest BCUT2D eigenvalue weighted by molar-refractivity contribution is -0.141. The van der Waals surface area contributed by atoms with Gasteiger partial charge >= 0.3 is 0 Å². The van der Waals surface area contributed by atoms with Gasteiger partial charge in [0.25, 0.3) is 0 Å². The van der Waals surface area contributed by atoms with Crippen LogP contribution >= 0.6 is 0 Å². The molecule has 0 spiro atoms. The minimum atomic E-state index is -0.577. The molecule has 2 aromatic rings. The molecule has 0 bridgehead atoms. The Bertz CT molecular complexity index is 862. The van der Waals surface area contributed by atoms with Gasteiger partial charge in [0.2, 0.25) is 11.8 Å². The van der Waals surface area contributed by atoms with Crippen LogP contribution in [0.25, 0.3) is 0 Å². The Kier molecular flexibility index (Phi) is 8.58. The molecule has 1 unspecified atom stereocenters. The normalized spacial score (nSPS) is 12.0. The van der Waals surface area contributed by atoms with E-state index in [0.717, 1.165) is 22.3 Å². The Morgan fingerprint density at radius 3 is 2.33 bits per heavy atom. The summed E-state index contributed by atoms with van der Waals surface area (Å²) in [6.45, 7) is 10.8. The van der Waals surface area contributed by atoms with Crippen LogP contribution in [0.15, 0.2) is 42.5 Å². The fourth-order valence-electron chi connectivity index (χ4n) is 3.38. The molecular weight excluding hydrogens is 379 g/mol. The molecule has 0 aliphatic carbocycles. The highest BCUT2D eigenvalue weighted by Gasteiger charge is 2.29. The lowest BCUT2D eigenvalue weighted by Crippen LogP contribution is -2.50. The lowest BCUT2D eigenvalue weighted by Gasteiger charge is -2.31. The Morgan fingerprint density at radius 2 is 1.73 bits per heavy atom. The van der Waals surface area contributed by atoms with E-state index in [1.165, 1.54) is 12.1 Å². The van der Waals surface area contributed by atoms with Gasteiger partial charge in [-0.25, -0.2) is 4.39 Å². The van der Waals surface area contributed by atoms with Crippen LogP contribution in [-0.2, 0) is 22.6 Å². The predicted octanol–water partition coefficient (Wildman–Crippen LogP) is 4.56. The highest BCUT2D eigenvalue weighted by molar-refractivity contribution is 5.88. The lowest BCUT2D eigenvalue weighted by atomic mass is 10.0. The second kappa shape index (κ2) is 10.9. The number of rotatable bonds is 9. The molecule has 1 atom stereocenters. The van der Waals surface area contributed by atoms with Gasteiger partial charge in [0.05, 0.1) is 6.42 Å². The number of amides is 2. The molecule has 0 aliphatic rings. The number of hydrogen-bond donors (Lipinski definition) is 1. The molecule has 4 nitrogen and oxygen atoms in total. The molecule has 0 radical (unpaired) electrons. The molecular formula is C25H33FN2O2. The fraction of sp³-hybridized carbons (Fsp3) is 0.440. The molecule has 5 heteroatoms. The first kappa shape index (κ1) is 23.6. The van der Waals surface area contributed by atoms with E-state index in [1.54, 1.807) is 17.0 Å². The third kappa shape index (κ3) is 6.68. The molecule has 0 saturated carbocycles. The zero-order chi connectivity index (χ0) is 22.3. The molecule has 30 heavy (non-hydrogen) atoms. The Balaban J connectivity index is 2.30. The minimum absolute atomic E-state index is 0.112. The van der Waals surface area contributed by atoms with Gasteiger partial charge in [-0.1, -0.05) is 56.7 Å². The molecule has 0 aliphatic heterocycles. The monoisotopic (exact) mass is 412 g/mol. The van der Waals surface area contributed by atoms with E-state index in [2.05, 4.69) is 5.32 Å². The summed E-state index contributed by atoms with van der Waals surface area (Å²) in [5.41, 5.74) is 3.89. The summed E-state index contributed by atoms with van der Waals surface area (Å²) >= 11 is 0. The SMILES string of the molecule is CCC(C(=O)NCC(C)C)N(Cc1ccc(F)cc1)C(=O)Cc1cc(C)ccc1C. The zero-order valence-electron chi connectivity index (χ0n) is 18.7. The number of halogens is 1. The van der Waals surface area contributed by atoms with Crippen molar-refractivity contribution in [2.45, 2.75) is 60.0 Å². The van der Waals surface area contributed by atoms with E-state index >= 15 is 0 Å². The molecule has 162 valence electrons. The highest BCUT2D eigenvalue weighted by atomic mass is 19.1. The molecule has 0 fully saturated rings. The van der Waals surface area contributed by atoms with Crippen molar-refractivity contribution in [3.8, 4) is 0 Å². The van der Waals surface area contributed by atoms with Crippen LogP contribution in [-0.4, -0.2) is 29.3 Å². The summed E-state index contributed by atoms with van der Waals surface area (Å²) in [5, 5.41) is 2.95. The highest BCUT2D eigenvalue weighted by Crippen LogP contribution is 2.18. The van der Waals surface area contributed by atoms with E-state index in [-0.39, 0.29) is 30.6 Å². The van der Waals surface area contributed by atoms with Crippen molar-refractivity contribution in [1.82, 2.24) is 10.2 Å². The standard InChI is InChI=1S/C25H33FN2O2/c1-6-23(25(30)27-15-17(2)3)28(16-20-9-11-22(26)12-10-20)24(29)14-21-13-18(4)7-8-19(21)5/h7-13,17,23H,6,14-16H2,1-5H3,(H,27,30). The average molecular weight is 413 g/mol. The number of carbonyl (C=O) groups is 2.